The van der Waals surface area contributed by atoms with Crippen molar-refractivity contribution in [3.63, 3.8) is 0 Å². The van der Waals surface area contributed by atoms with Gasteiger partial charge < -0.3 is 0 Å². The summed E-state index contributed by atoms with van der Waals surface area (Å²) in [4.78, 5) is 11.5. The molecule has 0 unspecified atom stereocenters. The van der Waals surface area contributed by atoms with Crippen molar-refractivity contribution in [2.75, 3.05) is 0 Å². The number of benzene rings is 1. The van der Waals surface area contributed by atoms with Gasteiger partial charge in [0.2, 0.25) is 0 Å². The molecule has 1 aromatic heterocycles. The third-order valence-electron chi connectivity index (χ3n) is 2.53. The number of hydrogen-bond donors (Lipinski definition) is 2. The second-order valence-electron chi connectivity index (χ2n) is 3.63. The highest BCUT2D eigenvalue weighted by molar-refractivity contribution is 6.42. The number of nitrogens with two attached hydrogens (primary N) is 1. The number of hydrogen-bond acceptors (Lipinski definition) is 3. The van der Waals surface area contributed by atoms with Gasteiger partial charge in [-0.2, -0.15) is 5.10 Å². The van der Waals surface area contributed by atoms with Crippen LogP contribution in [0.25, 0.3) is 5.69 Å². The molecular weight excluding hydrogens is 275 g/mol. The monoisotopic (exact) mass is 284 g/mol. The highest BCUT2D eigenvalue weighted by Gasteiger charge is 2.14. The number of rotatable bonds is 2. The van der Waals surface area contributed by atoms with E-state index in [9.17, 15) is 4.79 Å². The normalized spacial score (nSPS) is 10.4. The van der Waals surface area contributed by atoms with Crippen molar-refractivity contribution in [3.05, 3.63) is 45.7 Å². The molecular formula is C11H10Cl2N4O. The lowest BCUT2D eigenvalue weighted by atomic mass is 10.2. The number of hydrazine groups is 1. The number of nitrogens with zero attached hydrogens (tertiary/aromatic N) is 2. The van der Waals surface area contributed by atoms with Crippen LogP contribution in [0.5, 0.6) is 0 Å². The van der Waals surface area contributed by atoms with Gasteiger partial charge in [0.1, 0.15) is 0 Å². The zero-order valence-corrected chi connectivity index (χ0v) is 11.0. The van der Waals surface area contributed by atoms with Crippen molar-refractivity contribution < 1.29 is 4.79 Å². The molecule has 1 aromatic carbocycles. The molecule has 5 nitrogen and oxygen atoms in total. The molecule has 1 amide bonds. The van der Waals surface area contributed by atoms with Gasteiger partial charge in [-0.05, 0) is 25.1 Å². The molecule has 0 radical (unpaired) electrons. The fourth-order valence-electron chi connectivity index (χ4n) is 1.59. The first kappa shape index (κ1) is 12.9. The van der Waals surface area contributed by atoms with Gasteiger partial charge in [0.05, 0.1) is 33.2 Å². The summed E-state index contributed by atoms with van der Waals surface area (Å²) in [5.74, 6) is 4.70. The van der Waals surface area contributed by atoms with Crippen LogP contribution in [-0.4, -0.2) is 15.7 Å². The number of halogens is 2. The van der Waals surface area contributed by atoms with Crippen molar-refractivity contribution in [1.29, 1.82) is 0 Å². The van der Waals surface area contributed by atoms with Crippen LogP contribution in [0, 0.1) is 6.92 Å². The SMILES string of the molecule is Cc1c(C(=O)NN)cnn1-c1ccc(Cl)c(Cl)c1. The lowest BCUT2D eigenvalue weighted by Gasteiger charge is -2.06. The van der Waals surface area contributed by atoms with Gasteiger partial charge in [0.15, 0.2) is 0 Å². The molecule has 0 saturated carbocycles. The maximum Gasteiger partial charge on any atom is 0.268 e. The van der Waals surface area contributed by atoms with Crippen molar-refractivity contribution in [3.8, 4) is 5.69 Å². The largest absolute Gasteiger partial charge is 0.290 e. The van der Waals surface area contributed by atoms with E-state index in [-0.39, 0.29) is 5.91 Å². The topological polar surface area (TPSA) is 72.9 Å². The van der Waals surface area contributed by atoms with Crippen LogP contribution in [0.1, 0.15) is 16.1 Å². The van der Waals surface area contributed by atoms with E-state index in [1.165, 1.54) is 6.20 Å². The standard InChI is InChI=1S/C11H10Cl2N4O/c1-6-8(11(18)16-14)5-15-17(6)7-2-3-9(12)10(13)4-7/h2-5H,14H2,1H3,(H,16,18). The van der Waals surface area contributed by atoms with E-state index >= 15 is 0 Å². The molecule has 0 aliphatic carbocycles. The van der Waals surface area contributed by atoms with Crippen molar-refractivity contribution in [2.45, 2.75) is 6.92 Å². The summed E-state index contributed by atoms with van der Waals surface area (Å²) in [6, 6.07) is 5.11. The average molecular weight is 285 g/mol. The van der Waals surface area contributed by atoms with Crippen LogP contribution < -0.4 is 11.3 Å². The van der Waals surface area contributed by atoms with Crippen molar-refractivity contribution in [1.82, 2.24) is 15.2 Å². The van der Waals surface area contributed by atoms with Crippen LogP contribution in [-0.2, 0) is 0 Å². The van der Waals surface area contributed by atoms with Crippen LogP contribution in [0.3, 0.4) is 0 Å². The van der Waals surface area contributed by atoms with Gasteiger partial charge in [0, 0.05) is 0 Å². The smallest absolute Gasteiger partial charge is 0.268 e. The molecule has 0 fully saturated rings. The van der Waals surface area contributed by atoms with E-state index in [2.05, 4.69) is 10.5 Å². The molecule has 0 aliphatic rings. The van der Waals surface area contributed by atoms with E-state index in [0.29, 0.717) is 21.3 Å². The van der Waals surface area contributed by atoms with Crippen molar-refractivity contribution in [2.24, 2.45) is 5.84 Å². The van der Waals surface area contributed by atoms with E-state index in [4.69, 9.17) is 29.0 Å². The summed E-state index contributed by atoms with van der Waals surface area (Å²) in [5.41, 5.74) is 3.86. The van der Waals surface area contributed by atoms with Gasteiger partial charge in [-0.25, -0.2) is 10.5 Å². The minimum atomic E-state index is -0.390. The summed E-state index contributed by atoms with van der Waals surface area (Å²) < 4.78 is 1.59. The summed E-state index contributed by atoms with van der Waals surface area (Å²) >= 11 is 11.8. The first-order chi connectivity index (χ1) is 8.54. The van der Waals surface area contributed by atoms with Gasteiger partial charge in [-0.3, -0.25) is 10.2 Å². The molecule has 18 heavy (non-hydrogen) atoms. The zero-order valence-electron chi connectivity index (χ0n) is 9.45. The van der Waals surface area contributed by atoms with E-state index in [0.717, 1.165) is 5.69 Å². The Kier molecular flexibility index (Phi) is 3.56. The van der Waals surface area contributed by atoms with Crippen LogP contribution in [0.2, 0.25) is 10.0 Å². The Bertz CT molecular complexity index is 609. The molecule has 0 aliphatic heterocycles. The quantitative estimate of drug-likeness (QED) is 0.504. The maximum absolute atomic E-state index is 11.5. The minimum absolute atomic E-state index is 0.390. The fourth-order valence-corrected chi connectivity index (χ4v) is 1.88. The minimum Gasteiger partial charge on any atom is -0.290 e. The Labute approximate surface area is 113 Å². The molecule has 0 saturated heterocycles. The van der Waals surface area contributed by atoms with Gasteiger partial charge in [0.25, 0.3) is 5.91 Å². The molecule has 0 spiro atoms. The number of amides is 1. The number of carbonyl (C=O) groups excluding carboxylic acids is 1. The third-order valence-corrected chi connectivity index (χ3v) is 3.27. The maximum atomic E-state index is 11.5. The predicted octanol–water partition coefficient (Wildman–Crippen LogP) is 2.09. The number of nitrogen functional groups attached to an aromatic ring is 1. The predicted molar refractivity (Wildman–Crippen MR) is 70.0 cm³/mol. The Morgan fingerprint density at radius 2 is 2.11 bits per heavy atom. The molecule has 1 heterocycles. The Hall–Kier alpha value is -1.56. The van der Waals surface area contributed by atoms with Crippen molar-refractivity contribution >= 4 is 29.1 Å². The molecule has 2 rings (SSSR count). The summed E-state index contributed by atoms with van der Waals surface area (Å²) in [7, 11) is 0. The average Bonchev–Trinajstić information content (AvgIpc) is 2.74. The zero-order chi connectivity index (χ0) is 13.3. The molecule has 0 bridgehead atoms. The number of nitrogens with one attached hydrogen (secondary N) is 1. The number of aromatic nitrogens is 2. The molecule has 2 aromatic rings. The van der Waals surface area contributed by atoms with Crippen LogP contribution in [0.15, 0.2) is 24.4 Å². The first-order valence-electron chi connectivity index (χ1n) is 5.05. The van der Waals surface area contributed by atoms with Gasteiger partial charge >= 0.3 is 0 Å². The Balaban J connectivity index is 2.48. The van der Waals surface area contributed by atoms with Gasteiger partial charge in [-0.1, -0.05) is 23.2 Å². The highest BCUT2D eigenvalue weighted by Crippen LogP contribution is 2.25. The second-order valence-corrected chi connectivity index (χ2v) is 4.44. The fraction of sp³-hybridized carbons (Fsp3) is 0.0909. The first-order valence-corrected chi connectivity index (χ1v) is 5.81. The summed E-state index contributed by atoms with van der Waals surface area (Å²) in [6.07, 6.45) is 1.44. The van der Waals surface area contributed by atoms with Gasteiger partial charge in [-0.15, -0.1) is 0 Å². The molecule has 7 heteroatoms. The molecule has 94 valence electrons. The highest BCUT2D eigenvalue weighted by atomic mass is 35.5. The lowest BCUT2D eigenvalue weighted by Crippen LogP contribution is -2.30. The second kappa shape index (κ2) is 4.97. The van der Waals surface area contributed by atoms with Crippen LogP contribution in [0.4, 0.5) is 0 Å². The number of carbonyl (C=O) groups is 1. The lowest BCUT2D eigenvalue weighted by molar-refractivity contribution is 0.0953. The summed E-state index contributed by atoms with van der Waals surface area (Å²) in [5, 5.41) is 5.01. The third kappa shape index (κ3) is 2.20. The van der Waals surface area contributed by atoms with E-state index < -0.39 is 0 Å². The molecule has 3 N–H and O–H groups in total. The Morgan fingerprint density at radius 1 is 1.39 bits per heavy atom. The summed E-state index contributed by atoms with van der Waals surface area (Å²) in [6.45, 7) is 1.76. The van der Waals surface area contributed by atoms with E-state index in [1.54, 1.807) is 29.8 Å². The van der Waals surface area contributed by atoms with Crippen LogP contribution >= 0.6 is 23.2 Å². The molecule has 0 atom stereocenters. The van der Waals surface area contributed by atoms with E-state index in [1.807, 2.05) is 0 Å². The Morgan fingerprint density at radius 3 is 2.72 bits per heavy atom.